The molecule has 1 N–H and O–H groups in total. The van der Waals surface area contributed by atoms with Crippen molar-refractivity contribution in [3.8, 4) is 0 Å². The Hall–Kier alpha value is -2.79. The van der Waals surface area contributed by atoms with E-state index in [1.165, 1.54) is 27.6 Å². The smallest absolute Gasteiger partial charge is 0.288 e. The third kappa shape index (κ3) is 4.17. The van der Waals surface area contributed by atoms with Crippen molar-refractivity contribution in [1.29, 1.82) is 0 Å². The number of hydrogen-bond acceptors (Lipinski definition) is 3. The number of carbonyl (C=O) groups is 1. The lowest BCUT2D eigenvalue weighted by molar-refractivity contribution is -0.121. The molecule has 2 unspecified atom stereocenters. The second-order valence-corrected chi connectivity index (χ2v) is 17.2. The largest absolute Gasteiger partial charge is 0.401 e. The molecule has 4 heteroatoms. The summed E-state index contributed by atoms with van der Waals surface area (Å²) in [5.74, 6) is 2.18. The highest BCUT2D eigenvalue weighted by molar-refractivity contribution is 7.07. The SMILES string of the molecule is CC1C[C@@H]2[C@@H](CC[C@]3(C)C(O[Si](c4ccccc4)(c4ccccc4)c4ccccc4)CC[C@@H]23)[C@@]2(CO)CCC(=O)C=C12. The Labute approximate surface area is 252 Å². The van der Waals surface area contributed by atoms with Crippen LogP contribution in [0.2, 0.25) is 0 Å². The van der Waals surface area contributed by atoms with Gasteiger partial charge in [0.15, 0.2) is 5.78 Å². The van der Waals surface area contributed by atoms with Crippen molar-refractivity contribution < 1.29 is 14.3 Å². The molecular weight excluding hydrogens is 533 g/mol. The lowest BCUT2D eigenvalue weighted by atomic mass is 9.45. The number of benzene rings is 3. The van der Waals surface area contributed by atoms with Gasteiger partial charge in [-0.05, 0) is 89.2 Å². The molecule has 3 aromatic rings. The monoisotopic (exact) mass is 576 g/mol. The van der Waals surface area contributed by atoms with Crippen molar-refractivity contribution in [3.05, 3.63) is 103 Å². The van der Waals surface area contributed by atoms with Crippen LogP contribution in [0.4, 0.5) is 0 Å². The lowest BCUT2D eigenvalue weighted by Gasteiger charge is -2.60. The zero-order chi connectivity index (χ0) is 29.0. The first-order valence-electron chi connectivity index (χ1n) is 16.1. The summed E-state index contributed by atoms with van der Waals surface area (Å²) in [6.45, 7) is 5.00. The quantitative estimate of drug-likeness (QED) is 0.299. The van der Waals surface area contributed by atoms with Gasteiger partial charge in [-0.15, -0.1) is 0 Å². The molecule has 0 amide bonds. The van der Waals surface area contributed by atoms with E-state index < -0.39 is 8.32 Å². The zero-order valence-electron chi connectivity index (χ0n) is 25.0. The van der Waals surface area contributed by atoms with Crippen LogP contribution in [0.15, 0.2) is 103 Å². The Kier molecular flexibility index (Phi) is 7.16. The number of hydrogen-bond donors (Lipinski definition) is 1. The highest BCUT2D eigenvalue weighted by Crippen LogP contribution is 2.66. The molecule has 7 rings (SSSR count). The van der Waals surface area contributed by atoms with Gasteiger partial charge in [-0.1, -0.05) is 110 Å². The standard InChI is InChI=1S/C38H44O3Si/c1-27-24-32-33-18-19-36(37(33,2)22-21-34(32)38(26-39)23-20-28(40)25-35(27)38)41-42(29-12-6-3-7-13-29,30-14-8-4-9-15-30)31-16-10-5-11-17-31/h3-17,25,27,32-34,36,39H,18-24,26H2,1-2H3/t27?,32-,33-,34+,36?,37-,38-/m0/s1. The molecule has 0 saturated heterocycles. The van der Waals surface area contributed by atoms with E-state index in [4.69, 9.17) is 4.43 Å². The topological polar surface area (TPSA) is 46.5 Å². The van der Waals surface area contributed by atoms with Crippen LogP contribution in [0.25, 0.3) is 0 Å². The number of carbonyl (C=O) groups excluding carboxylic acids is 1. The van der Waals surface area contributed by atoms with E-state index >= 15 is 0 Å². The number of fused-ring (bicyclic) bond motifs is 5. The third-order valence-electron chi connectivity index (χ3n) is 12.1. The normalized spacial score (nSPS) is 34.2. The molecule has 4 aliphatic rings. The predicted octanol–water partition coefficient (Wildman–Crippen LogP) is 5.79. The maximum Gasteiger partial charge on any atom is 0.288 e. The molecule has 3 saturated carbocycles. The molecule has 4 aliphatic carbocycles. The van der Waals surface area contributed by atoms with Crippen molar-refractivity contribution in [3.63, 3.8) is 0 Å². The van der Waals surface area contributed by atoms with Crippen LogP contribution < -0.4 is 15.6 Å². The minimum Gasteiger partial charge on any atom is -0.401 e. The van der Waals surface area contributed by atoms with Gasteiger partial charge in [-0.25, -0.2) is 0 Å². The van der Waals surface area contributed by atoms with E-state index in [1.54, 1.807) is 0 Å². The molecular formula is C38H44O3Si. The van der Waals surface area contributed by atoms with Crippen LogP contribution >= 0.6 is 0 Å². The number of aliphatic hydroxyl groups is 1. The van der Waals surface area contributed by atoms with Crippen LogP contribution in [0, 0.1) is 34.5 Å². The summed E-state index contributed by atoms with van der Waals surface area (Å²) in [6, 6.07) is 33.0. The van der Waals surface area contributed by atoms with Gasteiger partial charge in [-0.3, -0.25) is 4.79 Å². The van der Waals surface area contributed by atoms with Crippen LogP contribution in [0.5, 0.6) is 0 Å². The summed E-state index contributed by atoms with van der Waals surface area (Å²) in [6.07, 6.45) is 9.08. The number of rotatable bonds is 6. The maximum atomic E-state index is 12.5. The van der Waals surface area contributed by atoms with Gasteiger partial charge in [0.25, 0.3) is 8.32 Å². The van der Waals surface area contributed by atoms with Crippen LogP contribution in [-0.4, -0.2) is 31.9 Å². The van der Waals surface area contributed by atoms with Crippen molar-refractivity contribution in [2.45, 2.75) is 64.9 Å². The first-order chi connectivity index (χ1) is 20.4. The van der Waals surface area contributed by atoms with Gasteiger partial charge in [0.05, 0.1) is 12.7 Å². The molecule has 0 spiro atoms. The minimum atomic E-state index is -2.81. The molecule has 42 heavy (non-hydrogen) atoms. The Morgan fingerprint density at radius 3 is 1.93 bits per heavy atom. The first kappa shape index (κ1) is 28.0. The Morgan fingerprint density at radius 2 is 1.38 bits per heavy atom. The summed E-state index contributed by atoms with van der Waals surface area (Å²) in [4.78, 5) is 12.5. The van der Waals surface area contributed by atoms with Gasteiger partial charge >= 0.3 is 0 Å². The molecule has 3 aromatic carbocycles. The molecule has 0 aliphatic heterocycles. The molecule has 0 heterocycles. The molecule has 0 aromatic heterocycles. The van der Waals surface area contributed by atoms with Crippen LogP contribution in [0.3, 0.4) is 0 Å². The second kappa shape index (κ2) is 10.7. The van der Waals surface area contributed by atoms with E-state index in [9.17, 15) is 9.90 Å². The molecule has 3 nitrogen and oxygen atoms in total. The Morgan fingerprint density at radius 1 is 0.810 bits per heavy atom. The minimum absolute atomic E-state index is 0.0832. The van der Waals surface area contributed by atoms with E-state index in [2.05, 4.69) is 105 Å². The van der Waals surface area contributed by atoms with Gasteiger partial charge in [0.2, 0.25) is 0 Å². The molecule has 0 radical (unpaired) electrons. The second-order valence-electron chi connectivity index (χ2n) is 13.9. The summed E-state index contributed by atoms with van der Waals surface area (Å²) in [5, 5.41) is 14.8. The van der Waals surface area contributed by atoms with E-state index in [0.717, 1.165) is 32.1 Å². The van der Waals surface area contributed by atoms with Gasteiger partial charge in [-0.2, -0.15) is 0 Å². The average molecular weight is 577 g/mol. The van der Waals surface area contributed by atoms with Crippen LogP contribution in [0.1, 0.15) is 58.8 Å². The highest BCUT2D eigenvalue weighted by Gasteiger charge is 2.62. The van der Waals surface area contributed by atoms with Crippen molar-refractivity contribution in [1.82, 2.24) is 0 Å². The fraction of sp³-hybridized carbons (Fsp3) is 0.447. The van der Waals surface area contributed by atoms with Crippen molar-refractivity contribution in [2.75, 3.05) is 6.61 Å². The van der Waals surface area contributed by atoms with Crippen molar-refractivity contribution in [2.24, 2.45) is 34.5 Å². The Balaban J connectivity index is 1.29. The number of ketones is 1. The van der Waals surface area contributed by atoms with E-state index in [-0.39, 0.29) is 29.3 Å². The molecule has 0 bridgehead atoms. The van der Waals surface area contributed by atoms with E-state index in [0.29, 0.717) is 30.1 Å². The number of aliphatic hydroxyl groups excluding tert-OH is 1. The highest BCUT2D eigenvalue weighted by atomic mass is 28.4. The Bertz CT molecular complexity index is 1360. The summed E-state index contributed by atoms with van der Waals surface area (Å²) < 4.78 is 7.84. The summed E-state index contributed by atoms with van der Waals surface area (Å²) in [7, 11) is -2.81. The van der Waals surface area contributed by atoms with Gasteiger partial charge in [0, 0.05) is 11.8 Å². The maximum absolute atomic E-state index is 12.5. The average Bonchev–Trinajstić information content (AvgIpc) is 3.37. The van der Waals surface area contributed by atoms with Gasteiger partial charge in [0.1, 0.15) is 0 Å². The van der Waals surface area contributed by atoms with Gasteiger partial charge < -0.3 is 9.53 Å². The first-order valence-corrected chi connectivity index (χ1v) is 18.0. The van der Waals surface area contributed by atoms with Crippen LogP contribution in [-0.2, 0) is 9.22 Å². The molecule has 3 fully saturated rings. The lowest BCUT2D eigenvalue weighted by Crippen LogP contribution is -2.71. The predicted molar refractivity (Wildman–Crippen MR) is 172 cm³/mol. The molecule has 7 atom stereocenters. The zero-order valence-corrected chi connectivity index (χ0v) is 26.0. The van der Waals surface area contributed by atoms with E-state index in [1.807, 2.05) is 6.08 Å². The molecule has 218 valence electrons. The fourth-order valence-electron chi connectivity index (χ4n) is 10.1. The summed E-state index contributed by atoms with van der Waals surface area (Å²) >= 11 is 0. The fourth-order valence-corrected chi connectivity index (χ4v) is 14.3. The summed E-state index contributed by atoms with van der Waals surface area (Å²) in [5.41, 5.74) is 1.12. The van der Waals surface area contributed by atoms with Crippen molar-refractivity contribution >= 4 is 29.7 Å². The third-order valence-corrected chi connectivity index (χ3v) is 16.1.